The summed E-state index contributed by atoms with van der Waals surface area (Å²) in [5.41, 5.74) is -0.185. The standard InChI is InChI=1S/C12H14N2O3S/c1-12(2,11(16)17-3)6-14-7-13-8-4-5-18-9(8)10(14)15/h4-5,7H,6H2,1-3H3. The summed E-state index contributed by atoms with van der Waals surface area (Å²) in [7, 11) is 1.34. The van der Waals surface area contributed by atoms with E-state index >= 15 is 0 Å². The Labute approximate surface area is 108 Å². The Kier molecular flexibility index (Phi) is 3.21. The molecule has 18 heavy (non-hydrogen) atoms. The lowest BCUT2D eigenvalue weighted by molar-refractivity contribution is -0.151. The van der Waals surface area contributed by atoms with Gasteiger partial charge in [0.2, 0.25) is 0 Å². The molecule has 0 bridgehead atoms. The van der Waals surface area contributed by atoms with E-state index in [-0.39, 0.29) is 18.1 Å². The second-order valence-corrected chi connectivity index (χ2v) is 5.60. The topological polar surface area (TPSA) is 61.2 Å². The van der Waals surface area contributed by atoms with Crippen molar-refractivity contribution < 1.29 is 9.53 Å². The van der Waals surface area contributed by atoms with Gasteiger partial charge in [0, 0.05) is 6.54 Å². The molecule has 96 valence electrons. The third-order valence-electron chi connectivity index (χ3n) is 2.74. The number of carbonyl (C=O) groups excluding carboxylic acids is 1. The lowest BCUT2D eigenvalue weighted by atomic mass is 9.94. The van der Waals surface area contributed by atoms with Crippen LogP contribution in [0.15, 0.2) is 22.6 Å². The molecular formula is C12H14N2O3S. The van der Waals surface area contributed by atoms with Gasteiger partial charge < -0.3 is 4.74 Å². The molecule has 0 saturated heterocycles. The van der Waals surface area contributed by atoms with Crippen LogP contribution in [0.25, 0.3) is 10.2 Å². The van der Waals surface area contributed by atoms with Crippen molar-refractivity contribution in [3.8, 4) is 0 Å². The maximum atomic E-state index is 12.2. The van der Waals surface area contributed by atoms with Gasteiger partial charge in [-0.25, -0.2) is 4.98 Å². The van der Waals surface area contributed by atoms with Crippen LogP contribution in [0.1, 0.15) is 13.8 Å². The van der Waals surface area contributed by atoms with Crippen LogP contribution in [0.4, 0.5) is 0 Å². The van der Waals surface area contributed by atoms with Crippen LogP contribution in [0.2, 0.25) is 0 Å². The summed E-state index contributed by atoms with van der Waals surface area (Å²) < 4.78 is 6.79. The summed E-state index contributed by atoms with van der Waals surface area (Å²) in [5, 5.41) is 1.83. The molecular weight excluding hydrogens is 252 g/mol. The third kappa shape index (κ3) is 2.15. The Bertz CT molecular complexity index is 642. The number of carbonyl (C=O) groups is 1. The van der Waals surface area contributed by atoms with Crippen molar-refractivity contribution in [3.63, 3.8) is 0 Å². The molecule has 2 rings (SSSR count). The van der Waals surface area contributed by atoms with E-state index in [4.69, 9.17) is 4.74 Å². The summed E-state index contributed by atoms with van der Waals surface area (Å²) in [5.74, 6) is -0.347. The molecule has 6 heteroatoms. The van der Waals surface area contributed by atoms with Gasteiger partial charge in [0.05, 0.1) is 24.4 Å². The summed E-state index contributed by atoms with van der Waals surface area (Å²) in [4.78, 5) is 28.0. The average Bonchev–Trinajstić information content (AvgIpc) is 2.80. The maximum absolute atomic E-state index is 12.2. The van der Waals surface area contributed by atoms with Gasteiger partial charge >= 0.3 is 5.97 Å². The molecule has 2 aromatic rings. The predicted molar refractivity (Wildman–Crippen MR) is 69.7 cm³/mol. The van der Waals surface area contributed by atoms with E-state index in [1.54, 1.807) is 19.9 Å². The quantitative estimate of drug-likeness (QED) is 0.793. The number of methoxy groups -OCH3 is 1. The fourth-order valence-electron chi connectivity index (χ4n) is 1.76. The molecule has 0 aliphatic carbocycles. The molecule has 0 fully saturated rings. The molecule has 0 unspecified atom stereocenters. The molecule has 0 aromatic carbocycles. The Morgan fingerprint density at radius 2 is 2.28 bits per heavy atom. The number of aromatic nitrogens is 2. The highest BCUT2D eigenvalue weighted by atomic mass is 32.1. The molecule has 2 heterocycles. The lowest BCUT2D eigenvalue weighted by Crippen LogP contribution is -2.34. The zero-order valence-electron chi connectivity index (χ0n) is 10.5. The minimum atomic E-state index is -0.759. The Hall–Kier alpha value is -1.69. The third-order valence-corrected chi connectivity index (χ3v) is 3.63. The molecule has 0 aliphatic rings. The van der Waals surface area contributed by atoms with Crippen molar-refractivity contribution in [1.82, 2.24) is 9.55 Å². The minimum Gasteiger partial charge on any atom is -0.469 e. The van der Waals surface area contributed by atoms with E-state index in [9.17, 15) is 9.59 Å². The van der Waals surface area contributed by atoms with Gasteiger partial charge in [-0.1, -0.05) is 0 Å². The van der Waals surface area contributed by atoms with Crippen molar-refractivity contribution in [2.45, 2.75) is 20.4 Å². The van der Waals surface area contributed by atoms with Crippen molar-refractivity contribution in [3.05, 3.63) is 28.1 Å². The number of ether oxygens (including phenoxy) is 1. The number of thiophene rings is 1. The van der Waals surface area contributed by atoms with Gasteiger partial charge in [0.15, 0.2) is 0 Å². The molecule has 0 aliphatic heterocycles. The summed E-state index contributed by atoms with van der Waals surface area (Å²) in [6, 6.07) is 1.80. The molecule has 0 radical (unpaired) electrons. The minimum absolute atomic E-state index is 0.119. The Balaban J connectivity index is 2.41. The van der Waals surface area contributed by atoms with Crippen molar-refractivity contribution in [2.75, 3.05) is 7.11 Å². The number of esters is 1. The maximum Gasteiger partial charge on any atom is 0.313 e. The fraction of sp³-hybridized carbons (Fsp3) is 0.417. The largest absolute Gasteiger partial charge is 0.469 e. The first-order valence-electron chi connectivity index (χ1n) is 5.47. The van der Waals surface area contributed by atoms with Crippen LogP contribution in [0.5, 0.6) is 0 Å². The number of hydrogen-bond donors (Lipinski definition) is 0. The summed E-state index contributed by atoms with van der Waals surface area (Å²) in [6.45, 7) is 3.73. The zero-order valence-corrected chi connectivity index (χ0v) is 11.3. The van der Waals surface area contributed by atoms with Gasteiger partial charge in [-0.05, 0) is 25.3 Å². The SMILES string of the molecule is COC(=O)C(C)(C)Cn1cnc2ccsc2c1=O. The Morgan fingerprint density at radius 3 is 2.94 bits per heavy atom. The molecule has 2 aromatic heterocycles. The number of hydrogen-bond acceptors (Lipinski definition) is 5. The van der Waals surface area contributed by atoms with E-state index in [1.807, 2.05) is 5.38 Å². The normalized spacial score (nSPS) is 11.7. The van der Waals surface area contributed by atoms with Gasteiger partial charge in [-0.2, -0.15) is 0 Å². The summed E-state index contributed by atoms with van der Waals surface area (Å²) in [6.07, 6.45) is 1.47. The monoisotopic (exact) mass is 266 g/mol. The molecule has 0 spiro atoms. The van der Waals surface area contributed by atoms with Crippen LogP contribution in [-0.2, 0) is 16.1 Å². The smallest absolute Gasteiger partial charge is 0.313 e. The fourth-order valence-corrected chi connectivity index (χ4v) is 2.55. The van der Waals surface area contributed by atoms with Crippen LogP contribution in [0.3, 0.4) is 0 Å². The highest BCUT2D eigenvalue weighted by molar-refractivity contribution is 7.17. The van der Waals surface area contributed by atoms with Crippen molar-refractivity contribution in [1.29, 1.82) is 0 Å². The van der Waals surface area contributed by atoms with Crippen LogP contribution >= 0.6 is 11.3 Å². The van der Waals surface area contributed by atoms with Crippen molar-refractivity contribution in [2.24, 2.45) is 5.41 Å². The van der Waals surface area contributed by atoms with Gasteiger partial charge in [0.1, 0.15) is 4.70 Å². The Morgan fingerprint density at radius 1 is 1.56 bits per heavy atom. The first kappa shape index (κ1) is 12.8. The summed E-state index contributed by atoms with van der Waals surface area (Å²) >= 11 is 1.36. The first-order chi connectivity index (χ1) is 8.45. The van der Waals surface area contributed by atoms with Crippen LogP contribution < -0.4 is 5.56 Å². The van der Waals surface area contributed by atoms with E-state index in [0.29, 0.717) is 10.2 Å². The highest BCUT2D eigenvalue weighted by Crippen LogP contribution is 2.20. The second-order valence-electron chi connectivity index (χ2n) is 4.69. The lowest BCUT2D eigenvalue weighted by Gasteiger charge is -2.22. The van der Waals surface area contributed by atoms with E-state index in [2.05, 4.69) is 4.98 Å². The zero-order chi connectivity index (χ0) is 13.3. The highest BCUT2D eigenvalue weighted by Gasteiger charge is 2.29. The van der Waals surface area contributed by atoms with Crippen LogP contribution in [-0.4, -0.2) is 22.6 Å². The second kappa shape index (κ2) is 4.53. The van der Waals surface area contributed by atoms with Gasteiger partial charge in [-0.3, -0.25) is 14.2 Å². The van der Waals surface area contributed by atoms with E-state index in [1.165, 1.54) is 29.3 Å². The molecule has 0 N–H and O–H groups in total. The van der Waals surface area contributed by atoms with Crippen molar-refractivity contribution >= 4 is 27.5 Å². The average molecular weight is 266 g/mol. The van der Waals surface area contributed by atoms with E-state index in [0.717, 1.165) is 0 Å². The predicted octanol–water partition coefficient (Wildman–Crippen LogP) is 1.66. The van der Waals surface area contributed by atoms with Gasteiger partial charge in [0.25, 0.3) is 5.56 Å². The molecule has 0 atom stereocenters. The number of fused-ring (bicyclic) bond motifs is 1. The first-order valence-corrected chi connectivity index (χ1v) is 6.35. The molecule has 0 saturated carbocycles. The van der Waals surface area contributed by atoms with Gasteiger partial charge in [-0.15, -0.1) is 11.3 Å². The van der Waals surface area contributed by atoms with Crippen LogP contribution in [0, 0.1) is 5.41 Å². The number of rotatable bonds is 3. The van der Waals surface area contributed by atoms with E-state index < -0.39 is 5.41 Å². The number of nitrogens with zero attached hydrogens (tertiary/aromatic N) is 2. The molecule has 5 nitrogen and oxygen atoms in total. The molecule has 0 amide bonds.